The van der Waals surface area contributed by atoms with Crippen LogP contribution < -0.4 is 10.9 Å². The molecule has 0 aliphatic rings. The van der Waals surface area contributed by atoms with E-state index in [1.54, 1.807) is 6.07 Å². The Morgan fingerprint density at radius 2 is 1.82 bits per heavy atom. The molecule has 0 heterocycles. The Bertz CT molecular complexity index is 375. The van der Waals surface area contributed by atoms with Gasteiger partial charge in [0.1, 0.15) is 0 Å². The Morgan fingerprint density at radius 1 is 1.18 bits per heavy atom. The summed E-state index contributed by atoms with van der Waals surface area (Å²) in [6.45, 7) is 6.30. The molecule has 1 atom stereocenters. The van der Waals surface area contributed by atoms with Gasteiger partial charge in [0.2, 0.25) is 0 Å². The van der Waals surface area contributed by atoms with Crippen molar-refractivity contribution in [1.82, 2.24) is 10.9 Å². The molecule has 0 saturated carbocycles. The van der Waals surface area contributed by atoms with Gasteiger partial charge in [-0.2, -0.15) is 0 Å². The lowest BCUT2D eigenvalue weighted by molar-refractivity contribution is 0.161. The number of hydrogen-bond donors (Lipinski definition) is 5. The lowest BCUT2D eigenvalue weighted by Crippen LogP contribution is -2.47. The molecule has 1 rings (SSSR count). The van der Waals surface area contributed by atoms with Gasteiger partial charge >= 0.3 is 0 Å². The average molecular weight is 240 g/mol. The van der Waals surface area contributed by atoms with Gasteiger partial charge in [0.05, 0.1) is 6.10 Å². The van der Waals surface area contributed by atoms with Crippen LogP contribution in [-0.4, -0.2) is 27.4 Å². The molecule has 96 valence electrons. The third-order valence-electron chi connectivity index (χ3n) is 2.14. The van der Waals surface area contributed by atoms with Crippen LogP contribution in [0, 0.1) is 0 Å². The van der Waals surface area contributed by atoms with Gasteiger partial charge in [-0.1, -0.05) is 6.07 Å². The summed E-state index contributed by atoms with van der Waals surface area (Å²) >= 11 is 0. The highest BCUT2D eigenvalue weighted by Gasteiger charge is 2.12. The predicted molar refractivity (Wildman–Crippen MR) is 65.6 cm³/mol. The van der Waals surface area contributed by atoms with Crippen molar-refractivity contribution in [3.05, 3.63) is 23.8 Å². The first-order chi connectivity index (χ1) is 7.79. The molecule has 1 unspecified atom stereocenters. The van der Waals surface area contributed by atoms with E-state index in [1.165, 1.54) is 12.1 Å². The largest absolute Gasteiger partial charge is 0.504 e. The molecular weight excluding hydrogens is 220 g/mol. The van der Waals surface area contributed by atoms with Crippen LogP contribution in [0.3, 0.4) is 0 Å². The van der Waals surface area contributed by atoms with Crippen molar-refractivity contribution < 1.29 is 15.3 Å². The molecule has 0 radical (unpaired) electrons. The van der Waals surface area contributed by atoms with E-state index in [2.05, 4.69) is 10.9 Å². The molecule has 0 fully saturated rings. The van der Waals surface area contributed by atoms with Crippen molar-refractivity contribution >= 4 is 0 Å². The van der Waals surface area contributed by atoms with Gasteiger partial charge in [0.15, 0.2) is 11.5 Å². The van der Waals surface area contributed by atoms with E-state index in [-0.39, 0.29) is 17.0 Å². The van der Waals surface area contributed by atoms with Crippen molar-refractivity contribution in [1.29, 1.82) is 0 Å². The van der Waals surface area contributed by atoms with Crippen LogP contribution >= 0.6 is 0 Å². The number of benzene rings is 1. The number of aliphatic hydroxyl groups is 1. The standard InChI is InChI=1S/C12H20N2O3/c1-12(2,3)14-13-7-11(17)8-4-5-9(15)10(16)6-8/h4-6,11,13-17H,7H2,1-3H3. The SMILES string of the molecule is CC(C)(C)NNCC(O)c1ccc(O)c(O)c1. The minimum Gasteiger partial charge on any atom is -0.504 e. The third-order valence-corrected chi connectivity index (χ3v) is 2.14. The highest BCUT2D eigenvalue weighted by molar-refractivity contribution is 5.41. The van der Waals surface area contributed by atoms with E-state index >= 15 is 0 Å². The summed E-state index contributed by atoms with van der Waals surface area (Å²) in [6, 6.07) is 4.27. The lowest BCUT2D eigenvalue weighted by atomic mass is 10.1. The zero-order chi connectivity index (χ0) is 13.1. The first-order valence-electron chi connectivity index (χ1n) is 5.49. The Morgan fingerprint density at radius 3 is 2.35 bits per heavy atom. The predicted octanol–water partition coefficient (Wildman–Crippen LogP) is 1.02. The normalized spacial score (nSPS) is 13.6. The molecule has 5 N–H and O–H groups in total. The summed E-state index contributed by atoms with van der Waals surface area (Å²) in [5.41, 5.74) is 6.40. The van der Waals surface area contributed by atoms with Gasteiger partial charge in [0.25, 0.3) is 0 Å². The van der Waals surface area contributed by atoms with E-state index in [0.717, 1.165) is 0 Å². The number of aliphatic hydroxyl groups excluding tert-OH is 1. The van der Waals surface area contributed by atoms with E-state index < -0.39 is 6.10 Å². The number of hydrazine groups is 1. The van der Waals surface area contributed by atoms with Crippen molar-refractivity contribution in [2.24, 2.45) is 0 Å². The maximum Gasteiger partial charge on any atom is 0.157 e. The molecule has 0 aliphatic carbocycles. The number of phenols is 2. The van der Waals surface area contributed by atoms with E-state index in [4.69, 9.17) is 5.11 Å². The molecule has 1 aromatic carbocycles. The van der Waals surface area contributed by atoms with Crippen LogP contribution in [0.2, 0.25) is 0 Å². The fourth-order valence-electron chi connectivity index (χ4n) is 1.28. The zero-order valence-corrected chi connectivity index (χ0v) is 10.4. The van der Waals surface area contributed by atoms with E-state index in [0.29, 0.717) is 12.1 Å². The Hall–Kier alpha value is -1.30. The fourth-order valence-corrected chi connectivity index (χ4v) is 1.28. The smallest absolute Gasteiger partial charge is 0.157 e. The molecule has 0 bridgehead atoms. The maximum absolute atomic E-state index is 9.84. The Balaban J connectivity index is 2.52. The molecule has 17 heavy (non-hydrogen) atoms. The molecule has 0 aliphatic heterocycles. The van der Waals surface area contributed by atoms with Gasteiger partial charge in [-0.3, -0.25) is 10.9 Å². The van der Waals surface area contributed by atoms with Gasteiger partial charge < -0.3 is 15.3 Å². The highest BCUT2D eigenvalue weighted by Crippen LogP contribution is 2.27. The highest BCUT2D eigenvalue weighted by atomic mass is 16.3. The maximum atomic E-state index is 9.84. The average Bonchev–Trinajstić information content (AvgIpc) is 2.20. The van der Waals surface area contributed by atoms with Gasteiger partial charge in [-0.05, 0) is 38.5 Å². The first-order valence-corrected chi connectivity index (χ1v) is 5.49. The monoisotopic (exact) mass is 240 g/mol. The topological polar surface area (TPSA) is 84.8 Å². The van der Waals surface area contributed by atoms with Crippen LogP contribution in [0.5, 0.6) is 11.5 Å². The number of nitrogens with one attached hydrogen (secondary N) is 2. The van der Waals surface area contributed by atoms with Crippen LogP contribution in [0.4, 0.5) is 0 Å². The van der Waals surface area contributed by atoms with Crippen molar-refractivity contribution in [3.8, 4) is 11.5 Å². The first kappa shape index (κ1) is 13.8. The zero-order valence-electron chi connectivity index (χ0n) is 10.4. The van der Waals surface area contributed by atoms with Gasteiger partial charge in [-0.25, -0.2) is 0 Å². The van der Waals surface area contributed by atoms with Gasteiger partial charge in [-0.15, -0.1) is 0 Å². The minimum absolute atomic E-state index is 0.0865. The summed E-state index contributed by atoms with van der Waals surface area (Å²) in [4.78, 5) is 0. The van der Waals surface area contributed by atoms with Crippen LogP contribution in [0.15, 0.2) is 18.2 Å². The second kappa shape index (κ2) is 5.35. The lowest BCUT2D eigenvalue weighted by Gasteiger charge is -2.22. The molecule has 1 aromatic rings. The second-order valence-corrected chi connectivity index (χ2v) is 5.02. The Kier molecular flexibility index (Phi) is 4.34. The number of hydrogen-bond acceptors (Lipinski definition) is 5. The third kappa shape index (κ3) is 4.60. The summed E-state index contributed by atoms with van der Waals surface area (Å²) < 4.78 is 0. The van der Waals surface area contributed by atoms with Crippen molar-refractivity contribution in [2.45, 2.75) is 32.4 Å². The van der Waals surface area contributed by atoms with Crippen LogP contribution in [0.1, 0.15) is 32.4 Å². The summed E-state index contributed by atoms with van der Waals surface area (Å²) in [5, 5.41) is 28.3. The van der Waals surface area contributed by atoms with Crippen molar-refractivity contribution in [2.75, 3.05) is 6.54 Å². The quantitative estimate of drug-likeness (QED) is 0.401. The molecule has 5 heteroatoms. The molecule has 0 saturated heterocycles. The summed E-state index contributed by atoms with van der Waals surface area (Å²) in [6.07, 6.45) is -0.753. The molecular formula is C12H20N2O3. The second-order valence-electron chi connectivity index (χ2n) is 5.02. The Labute approximate surface area is 101 Å². The van der Waals surface area contributed by atoms with Gasteiger partial charge in [0, 0.05) is 12.1 Å². The number of phenolic OH excluding ortho intramolecular Hbond substituents is 2. The fraction of sp³-hybridized carbons (Fsp3) is 0.500. The molecule has 5 nitrogen and oxygen atoms in total. The minimum atomic E-state index is -0.753. The molecule has 0 aromatic heterocycles. The van der Waals surface area contributed by atoms with Crippen molar-refractivity contribution in [3.63, 3.8) is 0 Å². The number of aromatic hydroxyl groups is 2. The van der Waals surface area contributed by atoms with Crippen LogP contribution in [-0.2, 0) is 0 Å². The molecule has 0 amide bonds. The summed E-state index contributed by atoms with van der Waals surface area (Å²) in [7, 11) is 0. The van der Waals surface area contributed by atoms with Crippen LogP contribution in [0.25, 0.3) is 0 Å². The summed E-state index contributed by atoms with van der Waals surface area (Å²) in [5.74, 6) is -0.424. The number of rotatable bonds is 4. The van der Waals surface area contributed by atoms with E-state index in [9.17, 15) is 10.2 Å². The molecule has 0 spiro atoms. The van der Waals surface area contributed by atoms with E-state index in [1.807, 2.05) is 20.8 Å².